The van der Waals surface area contributed by atoms with E-state index in [1.54, 1.807) is 6.07 Å². The summed E-state index contributed by atoms with van der Waals surface area (Å²) in [6.45, 7) is 0.0568. The van der Waals surface area contributed by atoms with Gasteiger partial charge in [0.2, 0.25) is 5.95 Å². The van der Waals surface area contributed by atoms with Crippen LogP contribution in [0.4, 0.5) is 27.9 Å². The van der Waals surface area contributed by atoms with Crippen molar-refractivity contribution in [3.63, 3.8) is 0 Å². The SMILES string of the molecule is Fc1cc(-n2cnnn2)ccc1OCc1cnn([C@@H]2CCN(c3ncc(C(F)(F)F)cn3)C[C@H]2F)n1. The molecule has 4 heterocycles. The number of tetrazole rings is 1. The van der Waals surface area contributed by atoms with Crippen LogP contribution in [0.1, 0.15) is 23.7 Å². The van der Waals surface area contributed by atoms with Crippen LogP contribution >= 0.6 is 0 Å². The van der Waals surface area contributed by atoms with Gasteiger partial charge in [-0.2, -0.15) is 28.2 Å². The van der Waals surface area contributed by atoms with Crippen molar-refractivity contribution in [1.82, 2.24) is 45.2 Å². The predicted octanol–water partition coefficient (Wildman–Crippen LogP) is 2.57. The number of nitrogens with zero attached hydrogens (tertiary/aromatic N) is 10. The van der Waals surface area contributed by atoms with Crippen molar-refractivity contribution in [2.24, 2.45) is 0 Å². The van der Waals surface area contributed by atoms with Crippen LogP contribution in [-0.4, -0.2) is 64.4 Å². The van der Waals surface area contributed by atoms with Crippen LogP contribution in [-0.2, 0) is 12.8 Å². The first kappa shape index (κ1) is 23.5. The van der Waals surface area contributed by atoms with E-state index >= 15 is 0 Å². The third kappa shape index (κ3) is 4.92. The summed E-state index contributed by atoms with van der Waals surface area (Å²) in [7, 11) is 0. The molecule has 0 bridgehead atoms. The van der Waals surface area contributed by atoms with Crippen LogP contribution in [0.3, 0.4) is 0 Å². The van der Waals surface area contributed by atoms with Crippen LogP contribution < -0.4 is 9.64 Å². The second kappa shape index (κ2) is 9.43. The minimum absolute atomic E-state index is 0.0136. The molecule has 2 atom stereocenters. The minimum Gasteiger partial charge on any atom is -0.484 e. The lowest BCUT2D eigenvalue weighted by Crippen LogP contribution is -2.44. The quantitative estimate of drug-likeness (QED) is 0.363. The number of benzene rings is 1. The third-order valence-corrected chi connectivity index (χ3v) is 5.51. The average molecular weight is 508 g/mol. The van der Waals surface area contributed by atoms with E-state index in [0.717, 1.165) is 0 Å². The van der Waals surface area contributed by atoms with Crippen molar-refractivity contribution in [1.29, 1.82) is 0 Å². The molecule has 36 heavy (non-hydrogen) atoms. The first-order valence-corrected chi connectivity index (χ1v) is 10.6. The highest BCUT2D eigenvalue weighted by atomic mass is 19.4. The fourth-order valence-electron chi connectivity index (χ4n) is 3.68. The standard InChI is InChI=1S/C20H17F5N10O/c21-15-5-14(34-11-28-31-32-34)1-2-18(15)36-10-13-8-29-35(30-13)17-3-4-33(9-16(17)22)19-26-6-12(7-27-19)20(23,24)25/h1-2,5-8,11,16-17H,3-4,9-10H2/t16-,17-/m1/s1. The highest BCUT2D eigenvalue weighted by molar-refractivity contribution is 5.37. The molecule has 0 radical (unpaired) electrons. The van der Waals surface area contributed by atoms with Gasteiger partial charge in [-0.3, -0.25) is 0 Å². The number of ether oxygens (including phenoxy) is 1. The van der Waals surface area contributed by atoms with Gasteiger partial charge in [0.05, 0.1) is 24.0 Å². The molecule has 1 saturated heterocycles. The van der Waals surface area contributed by atoms with Crippen molar-refractivity contribution in [2.45, 2.75) is 31.4 Å². The topological polar surface area (TPSA) is 113 Å². The molecule has 0 saturated carbocycles. The number of rotatable bonds is 6. The van der Waals surface area contributed by atoms with Crippen LogP contribution in [0.2, 0.25) is 0 Å². The lowest BCUT2D eigenvalue weighted by atomic mass is 10.0. The van der Waals surface area contributed by atoms with Crippen molar-refractivity contribution >= 4 is 5.95 Å². The Morgan fingerprint density at radius 2 is 1.92 bits per heavy atom. The van der Waals surface area contributed by atoms with Crippen molar-refractivity contribution in [3.8, 4) is 11.4 Å². The normalized spacial score (nSPS) is 18.4. The summed E-state index contributed by atoms with van der Waals surface area (Å²) >= 11 is 0. The Morgan fingerprint density at radius 3 is 2.58 bits per heavy atom. The van der Waals surface area contributed by atoms with E-state index in [4.69, 9.17) is 4.74 Å². The Labute approximate surface area is 199 Å². The van der Waals surface area contributed by atoms with E-state index in [9.17, 15) is 22.0 Å². The summed E-state index contributed by atoms with van der Waals surface area (Å²) in [5.41, 5.74) is -0.200. The highest BCUT2D eigenvalue weighted by Crippen LogP contribution is 2.30. The molecule has 1 fully saturated rings. The molecule has 5 rings (SSSR count). The van der Waals surface area contributed by atoms with E-state index in [1.807, 2.05) is 0 Å². The third-order valence-electron chi connectivity index (χ3n) is 5.51. The Hall–Kier alpha value is -4.24. The van der Waals surface area contributed by atoms with Crippen molar-refractivity contribution < 1.29 is 26.7 Å². The number of halogens is 5. The summed E-state index contributed by atoms with van der Waals surface area (Å²) in [5.74, 6) is -0.633. The van der Waals surface area contributed by atoms with Crippen LogP contribution in [0.15, 0.2) is 43.1 Å². The monoisotopic (exact) mass is 508 g/mol. The van der Waals surface area contributed by atoms with Gasteiger partial charge < -0.3 is 9.64 Å². The van der Waals surface area contributed by atoms with Gasteiger partial charge in [-0.05, 0) is 29.0 Å². The number of anilines is 1. The van der Waals surface area contributed by atoms with E-state index in [0.29, 0.717) is 30.3 Å². The molecule has 16 heteroatoms. The van der Waals surface area contributed by atoms with Gasteiger partial charge in [0.1, 0.15) is 30.8 Å². The van der Waals surface area contributed by atoms with Gasteiger partial charge in [0.25, 0.3) is 0 Å². The second-order valence-electron chi connectivity index (χ2n) is 7.90. The summed E-state index contributed by atoms with van der Waals surface area (Å²) < 4.78 is 74.2. The number of hydrogen-bond donors (Lipinski definition) is 0. The summed E-state index contributed by atoms with van der Waals surface area (Å²) in [6.07, 6.45) is -1.64. The molecule has 0 N–H and O–H groups in total. The molecule has 0 amide bonds. The molecule has 1 aliphatic rings. The molecule has 188 valence electrons. The molecular formula is C20H17F5N10O. The highest BCUT2D eigenvalue weighted by Gasteiger charge is 2.35. The Balaban J connectivity index is 1.18. The predicted molar refractivity (Wildman–Crippen MR) is 111 cm³/mol. The zero-order valence-electron chi connectivity index (χ0n) is 18.3. The van der Waals surface area contributed by atoms with Crippen LogP contribution in [0, 0.1) is 5.82 Å². The first-order valence-electron chi connectivity index (χ1n) is 10.6. The van der Waals surface area contributed by atoms with Gasteiger partial charge >= 0.3 is 6.18 Å². The number of aromatic nitrogens is 9. The average Bonchev–Trinajstić information content (AvgIpc) is 3.55. The van der Waals surface area contributed by atoms with Gasteiger partial charge in [-0.15, -0.1) is 5.10 Å². The van der Waals surface area contributed by atoms with Gasteiger partial charge in [0, 0.05) is 25.0 Å². The molecule has 11 nitrogen and oxygen atoms in total. The van der Waals surface area contributed by atoms with E-state index in [2.05, 4.69) is 35.7 Å². The minimum atomic E-state index is -4.55. The summed E-state index contributed by atoms with van der Waals surface area (Å²) in [4.78, 5) is 10.1. The van der Waals surface area contributed by atoms with Gasteiger partial charge in [-0.25, -0.2) is 23.4 Å². The molecule has 0 spiro atoms. The summed E-state index contributed by atoms with van der Waals surface area (Å²) in [5, 5.41) is 19.0. The first-order chi connectivity index (χ1) is 17.3. The molecule has 1 aromatic carbocycles. The zero-order chi connectivity index (χ0) is 25.3. The molecule has 3 aromatic heterocycles. The Kier molecular flexibility index (Phi) is 6.15. The Bertz CT molecular complexity index is 1310. The number of piperidine rings is 1. The fourth-order valence-corrected chi connectivity index (χ4v) is 3.68. The molecule has 0 unspecified atom stereocenters. The molecule has 1 aliphatic heterocycles. The van der Waals surface area contributed by atoms with Crippen LogP contribution in [0.25, 0.3) is 5.69 Å². The largest absolute Gasteiger partial charge is 0.484 e. The lowest BCUT2D eigenvalue weighted by molar-refractivity contribution is -0.138. The lowest BCUT2D eigenvalue weighted by Gasteiger charge is -2.34. The number of alkyl halides is 4. The maximum Gasteiger partial charge on any atom is 0.419 e. The number of hydrogen-bond acceptors (Lipinski definition) is 9. The van der Waals surface area contributed by atoms with Crippen molar-refractivity contribution in [3.05, 3.63) is 60.2 Å². The molecule has 0 aliphatic carbocycles. The van der Waals surface area contributed by atoms with Gasteiger partial charge in [-0.1, -0.05) is 0 Å². The molecule has 4 aromatic rings. The smallest absolute Gasteiger partial charge is 0.419 e. The fraction of sp³-hybridized carbons (Fsp3) is 0.350. The van der Waals surface area contributed by atoms with E-state index < -0.39 is 29.8 Å². The zero-order valence-corrected chi connectivity index (χ0v) is 18.3. The Morgan fingerprint density at radius 1 is 1.11 bits per heavy atom. The van der Waals surface area contributed by atoms with E-state index in [-0.39, 0.29) is 31.3 Å². The van der Waals surface area contributed by atoms with Crippen LogP contribution in [0.5, 0.6) is 5.75 Å². The second-order valence-corrected chi connectivity index (χ2v) is 7.90. The maximum absolute atomic E-state index is 14.9. The molecular weight excluding hydrogens is 491 g/mol. The van der Waals surface area contributed by atoms with E-state index in [1.165, 1.54) is 39.0 Å². The van der Waals surface area contributed by atoms with Crippen molar-refractivity contribution in [2.75, 3.05) is 18.0 Å². The van der Waals surface area contributed by atoms with Gasteiger partial charge in [0.15, 0.2) is 11.6 Å². The maximum atomic E-state index is 14.9. The summed E-state index contributed by atoms with van der Waals surface area (Å²) in [6, 6.07) is 3.52.